The molecule has 0 radical (unpaired) electrons. The minimum absolute atomic E-state index is 0.206. The van der Waals surface area contributed by atoms with Gasteiger partial charge in [-0.15, -0.1) is 0 Å². The number of carbonyl (C=O) groups excluding carboxylic acids is 1. The third kappa shape index (κ3) is 3.56. The Balaban J connectivity index is 1.43. The molecule has 1 amide bonds. The molecule has 34 heavy (non-hydrogen) atoms. The molecule has 7 rings (SSSR count). The highest BCUT2D eigenvalue weighted by molar-refractivity contribution is 6.02. The van der Waals surface area contributed by atoms with Gasteiger partial charge in [0.2, 0.25) is 0 Å². The molecule has 9 nitrogen and oxygen atoms in total. The van der Waals surface area contributed by atoms with Crippen molar-refractivity contribution in [3.8, 4) is 17.0 Å². The lowest BCUT2D eigenvalue weighted by Crippen LogP contribution is -2.68. The molecule has 9 heteroatoms. The van der Waals surface area contributed by atoms with Crippen molar-refractivity contribution in [1.29, 1.82) is 0 Å². The van der Waals surface area contributed by atoms with Crippen molar-refractivity contribution >= 4 is 16.9 Å². The van der Waals surface area contributed by atoms with E-state index < -0.39 is 11.5 Å². The average molecular weight is 462 g/mol. The van der Waals surface area contributed by atoms with Gasteiger partial charge in [-0.05, 0) is 43.4 Å². The summed E-state index contributed by atoms with van der Waals surface area (Å²) >= 11 is 0. The van der Waals surface area contributed by atoms with Crippen molar-refractivity contribution in [2.24, 2.45) is 5.92 Å². The lowest BCUT2D eigenvalue weighted by molar-refractivity contribution is -0.0439. The van der Waals surface area contributed by atoms with E-state index in [0.717, 1.165) is 32.4 Å². The number of morpholine rings is 1. The molecular formula is C25H27N5O4. The number of nitrogens with zero attached hydrogens (tertiary/aromatic N) is 4. The number of hydrogen-bond donors (Lipinski definition) is 2. The molecular weight excluding hydrogens is 434 g/mol. The minimum atomic E-state index is -0.513. The first-order valence-corrected chi connectivity index (χ1v) is 11.8. The Labute approximate surface area is 196 Å². The van der Waals surface area contributed by atoms with Crippen molar-refractivity contribution in [3.05, 3.63) is 52.6 Å². The van der Waals surface area contributed by atoms with Crippen LogP contribution in [-0.2, 0) is 11.3 Å². The molecule has 176 valence electrons. The number of carbonyl (C=O) groups is 1. The standard InChI is InChI=1S/C25H27N5O4/c31-21-18-11-17(19-3-1-2-4-26-19)15-27-22(18)30(6-5-29-7-9-34-10-8-29)24(33)20(21)23(32)28-25-12-16(13-25)14-25/h1-4,11,15-16,31H,5-10,12-14H2,(H,28,32). The fraction of sp³-hybridized carbons (Fsp3) is 0.440. The highest BCUT2D eigenvalue weighted by Crippen LogP contribution is 2.57. The van der Waals surface area contributed by atoms with E-state index in [2.05, 4.69) is 20.2 Å². The van der Waals surface area contributed by atoms with Crippen molar-refractivity contribution in [1.82, 2.24) is 24.8 Å². The summed E-state index contributed by atoms with van der Waals surface area (Å²) in [5.74, 6) is -0.149. The van der Waals surface area contributed by atoms with Gasteiger partial charge in [-0.2, -0.15) is 0 Å². The van der Waals surface area contributed by atoms with Gasteiger partial charge in [-0.25, -0.2) is 4.98 Å². The van der Waals surface area contributed by atoms with Gasteiger partial charge >= 0.3 is 0 Å². The Bertz CT molecular complexity index is 1300. The summed E-state index contributed by atoms with van der Waals surface area (Å²) in [6.45, 7) is 3.89. The molecule has 4 fully saturated rings. The molecule has 2 bridgehead atoms. The van der Waals surface area contributed by atoms with E-state index in [1.807, 2.05) is 18.2 Å². The van der Waals surface area contributed by atoms with E-state index in [0.29, 0.717) is 54.5 Å². The first kappa shape index (κ1) is 21.2. The quantitative estimate of drug-likeness (QED) is 0.576. The predicted molar refractivity (Wildman–Crippen MR) is 126 cm³/mol. The van der Waals surface area contributed by atoms with E-state index in [4.69, 9.17) is 4.74 Å². The summed E-state index contributed by atoms with van der Waals surface area (Å²) < 4.78 is 6.94. The number of rotatable bonds is 6. The monoisotopic (exact) mass is 461 g/mol. The molecule has 2 N–H and O–H groups in total. The average Bonchev–Trinajstić information content (AvgIpc) is 2.81. The number of pyridine rings is 3. The summed E-state index contributed by atoms with van der Waals surface area (Å²) in [5.41, 5.74) is 0.828. The molecule has 0 aromatic carbocycles. The Morgan fingerprint density at radius 3 is 2.65 bits per heavy atom. The first-order valence-electron chi connectivity index (χ1n) is 11.8. The zero-order chi connectivity index (χ0) is 23.3. The van der Waals surface area contributed by atoms with Crippen LogP contribution < -0.4 is 10.9 Å². The van der Waals surface area contributed by atoms with Crippen molar-refractivity contribution in [2.75, 3.05) is 32.8 Å². The second-order valence-corrected chi connectivity index (χ2v) is 9.66. The summed E-state index contributed by atoms with van der Waals surface area (Å²) in [7, 11) is 0. The van der Waals surface area contributed by atoms with Crippen LogP contribution in [0.15, 0.2) is 41.5 Å². The summed E-state index contributed by atoms with van der Waals surface area (Å²) in [6, 6.07) is 7.30. The van der Waals surface area contributed by atoms with Crippen molar-refractivity contribution in [2.45, 2.75) is 31.3 Å². The second-order valence-electron chi connectivity index (χ2n) is 9.66. The van der Waals surface area contributed by atoms with Crippen LogP contribution in [0, 0.1) is 5.92 Å². The SMILES string of the molecule is O=C(NC12CC(C1)C2)c1c(O)c2cc(-c3ccccn3)cnc2n(CCN2CCOCC2)c1=O. The van der Waals surface area contributed by atoms with E-state index in [-0.39, 0.29) is 16.9 Å². The maximum Gasteiger partial charge on any atom is 0.268 e. The largest absolute Gasteiger partial charge is 0.506 e. The Morgan fingerprint density at radius 1 is 1.18 bits per heavy atom. The Kier molecular flexibility index (Phi) is 5.11. The van der Waals surface area contributed by atoms with Gasteiger partial charge in [-0.1, -0.05) is 6.07 Å². The second kappa shape index (κ2) is 8.18. The van der Waals surface area contributed by atoms with E-state index >= 15 is 0 Å². The topological polar surface area (TPSA) is 110 Å². The maximum atomic E-state index is 13.5. The van der Waals surface area contributed by atoms with Crippen LogP contribution >= 0.6 is 0 Å². The first-order chi connectivity index (χ1) is 16.5. The van der Waals surface area contributed by atoms with E-state index in [1.54, 1.807) is 18.5 Å². The van der Waals surface area contributed by atoms with E-state index in [1.165, 1.54) is 4.57 Å². The Hall–Kier alpha value is -3.30. The molecule has 1 saturated heterocycles. The van der Waals surface area contributed by atoms with Gasteiger partial charge in [0.05, 0.1) is 24.3 Å². The van der Waals surface area contributed by atoms with Crippen LogP contribution in [0.5, 0.6) is 5.75 Å². The van der Waals surface area contributed by atoms with Crippen LogP contribution in [0.2, 0.25) is 0 Å². The summed E-state index contributed by atoms with van der Waals surface area (Å²) in [4.78, 5) is 37.9. The number of nitrogens with one attached hydrogen (secondary N) is 1. The molecule has 3 aromatic heterocycles. The zero-order valence-electron chi connectivity index (χ0n) is 18.9. The lowest BCUT2D eigenvalue weighted by atomic mass is 9.50. The number of fused-ring (bicyclic) bond motifs is 1. The fourth-order valence-electron chi connectivity index (χ4n) is 5.40. The van der Waals surface area contributed by atoms with Crippen LogP contribution in [0.4, 0.5) is 0 Å². The van der Waals surface area contributed by atoms with E-state index in [9.17, 15) is 14.7 Å². The van der Waals surface area contributed by atoms with Gasteiger partial charge in [0, 0.05) is 49.7 Å². The predicted octanol–water partition coefficient (Wildman–Crippen LogP) is 1.78. The van der Waals surface area contributed by atoms with Crippen LogP contribution in [0.3, 0.4) is 0 Å². The van der Waals surface area contributed by atoms with Gasteiger partial charge < -0.3 is 15.2 Å². The number of aromatic nitrogens is 3. The molecule has 0 spiro atoms. The van der Waals surface area contributed by atoms with Crippen molar-refractivity contribution < 1.29 is 14.6 Å². The van der Waals surface area contributed by atoms with Crippen LogP contribution in [-0.4, -0.2) is 68.8 Å². The van der Waals surface area contributed by atoms with Gasteiger partial charge in [0.25, 0.3) is 11.5 Å². The molecule has 4 heterocycles. The highest BCUT2D eigenvalue weighted by Gasteiger charge is 2.57. The van der Waals surface area contributed by atoms with Crippen molar-refractivity contribution in [3.63, 3.8) is 0 Å². The molecule has 1 aliphatic heterocycles. The number of aromatic hydroxyl groups is 1. The molecule has 3 saturated carbocycles. The number of ether oxygens (including phenoxy) is 1. The van der Waals surface area contributed by atoms with Gasteiger partial charge in [0.1, 0.15) is 17.0 Å². The summed E-state index contributed by atoms with van der Waals surface area (Å²) in [6.07, 6.45) is 6.18. The number of amides is 1. The van der Waals surface area contributed by atoms with Crippen LogP contribution in [0.1, 0.15) is 29.6 Å². The smallest absolute Gasteiger partial charge is 0.268 e. The lowest BCUT2D eigenvalue weighted by Gasteiger charge is -2.61. The normalized spacial score (nSPS) is 23.8. The molecule has 3 aromatic rings. The highest BCUT2D eigenvalue weighted by atomic mass is 16.5. The third-order valence-electron chi connectivity index (χ3n) is 7.42. The molecule has 0 atom stereocenters. The molecule has 4 aliphatic rings. The number of hydrogen-bond acceptors (Lipinski definition) is 7. The molecule has 0 unspecified atom stereocenters. The summed E-state index contributed by atoms with van der Waals surface area (Å²) in [5, 5.41) is 14.5. The maximum absolute atomic E-state index is 13.5. The van der Waals surface area contributed by atoms with Gasteiger partial charge in [-0.3, -0.25) is 24.0 Å². The molecule has 3 aliphatic carbocycles. The Morgan fingerprint density at radius 2 is 1.97 bits per heavy atom. The minimum Gasteiger partial charge on any atom is -0.506 e. The van der Waals surface area contributed by atoms with Crippen LogP contribution in [0.25, 0.3) is 22.3 Å². The zero-order valence-corrected chi connectivity index (χ0v) is 18.9. The third-order valence-corrected chi connectivity index (χ3v) is 7.42. The van der Waals surface area contributed by atoms with Gasteiger partial charge in [0.15, 0.2) is 0 Å². The fourth-order valence-corrected chi connectivity index (χ4v) is 5.40.